The zero-order valence-electron chi connectivity index (χ0n) is 12.2. The highest BCUT2D eigenvalue weighted by molar-refractivity contribution is 7.89. The van der Waals surface area contributed by atoms with Crippen LogP contribution in [0.15, 0.2) is 21.6 Å². The minimum Gasteiger partial charge on any atom is -0.447 e. The maximum absolute atomic E-state index is 12.4. The molecule has 112 valence electrons. The minimum atomic E-state index is -3.65. The highest BCUT2D eigenvalue weighted by atomic mass is 32.2. The molecule has 0 unspecified atom stereocenters. The van der Waals surface area contributed by atoms with Crippen LogP contribution in [0.25, 0.3) is 0 Å². The average molecular weight is 298 g/mol. The van der Waals surface area contributed by atoms with E-state index in [9.17, 15) is 8.42 Å². The predicted molar refractivity (Wildman–Crippen MR) is 78.6 cm³/mol. The van der Waals surface area contributed by atoms with Crippen molar-refractivity contribution in [2.45, 2.75) is 44.9 Å². The summed E-state index contributed by atoms with van der Waals surface area (Å²) in [6, 6.07) is 3.45. The zero-order valence-corrected chi connectivity index (χ0v) is 13.0. The Morgan fingerprint density at radius 1 is 1.45 bits per heavy atom. The smallest absolute Gasteiger partial charge is 0.277 e. The predicted octanol–water partition coefficient (Wildman–Crippen LogP) is 1.81. The van der Waals surface area contributed by atoms with E-state index in [4.69, 9.17) is 10.8 Å². The number of nitrogens with zero attached hydrogens (tertiary/aromatic N) is 1. The van der Waals surface area contributed by atoms with Crippen LogP contribution in [-0.4, -0.2) is 31.9 Å². The fraction of sp³-hybridized carbons (Fsp3) is 0.571. The molecule has 1 aromatic rings. The van der Waals surface area contributed by atoms with Crippen LogP contribution >= 0.6 is 0 Å². The molecule has 0 aliphatic rings. The van der Waals surface area contributed by atoms with Gasteiger partial charge in [-0.3, -0.25) is 0 Å². The number of terminal acetylenes is 1. The molecular weight excluding hydrogens is 276 g/mol. The number of rotatable bonds is 8. The summed E-state index contributed by atoms with van der Waals surface area (Å²) in [6.07, 6.45) is 5.92. The van der Waals surface area contributed by atoms with Crippen molar-refractivity contribution in [3.05, 3.63) is 17.9 Å². The zero-order chi connectivity index (χ0) is 15.2. The minimum absolute atomic E-state index is 0.0520. The van der Waals surface area contributed by atoms with E-state index in [0.29, 0.717) is 31.3 Å². The molecule has 0 atom stereocenters. The maximum atomic E-state index is 12.4. The van der Waals surface area contributed by atoms with Gasteiger partial charge in [0.25, 0.3) is 10.0 Å². The van der Waals surface area contributed by atoms with Crippen LogP contribution < -0.4 is 5.32 Å². The van der Waals surface area contributed by atoms with E-state index in [1.165, 1.54) is 10.4 Å². The van der Waals surface area contributed by atoms with Gasteiger partial charge in [0.1, 0.15) is 5.76 Å². The Balaban J connectivity index is 2.89. The Morgan fingerprint density at radius 2 is 2.15 bits per heavy atom. The van der Waals surface area contributed by atoms with Gasteiger partial charge in [-0.1, -0.05) is 26.7 Å². The van der Waals surface area contributed by atoms with Gasteiger partial charge in [0, 0.05) is 12.6 Å². The van der Waals surface area contributed by atoms with Gasteiger partial charge in [0.15, 0.2) is 0 Å². The molecule has 20 heavy (non-hydrogen) atoms. The normalized spacial score (nSPS) is 12.0. The van der Waals surface area contributed by atoms with E-state index in [1.807, 2.05) is 20.8 Å². The molecule has 1 rings (SSSR count). The quantitative estimate of drug-likeness (QED) is 0.744. The van der Waals surface area contributed by atoms with Crippen molar-refractivity contribution in [2.24, 2.45) is 0 Å². The lowest BCUT2D eigenvalue weighted by Gasteiger charge is -2.17. The van der Waals surface area contributed by atoms with Crippen LogP contribution in [0.4, 0.5) is 0 Å². The summed E-state index contributed by atoms with van der Waals surface area (Å²) in [6.45, 7) is 6.85. The highest BCUT2D eigenvalue weighted by Gasteiger charge is 2.26. The molecule has 0 spiro atoms. The summed E-state index contributed by atoms with van der Waals surface area (Å²) in [5.74, 6) is 2.96. The molecule has 0 aliphatic heterocycles. The summed E-state index contributed by atoms with van der Waals surface area (Å²) < 4.78 is 31.4. The highest BCUT2D eigenvalue weighted by Crippen LogP contribution is 2.19. The first kappa shape index (κ1) is 16.8. The van der Waals surface area contributed by atoms with Crippen molar-refractivity contribution in [3.8, 4) is 12.3 Å². The largest absolute Gasteiger partial charge is 0.447 e. The van der Waals surface area contributed by atoms with Gasteiger partial charge in [0.2, 0.25) is 5.09 Å². The van der Waals surface area contributed by atoms with Crippen molar-refractivity contribution in [1.82, 2.24) is 9.62 Å². The molecule has 0 aliphatic carbocycles. The maximum Gasteiger partial charge on any atom is 0.277 e. The first-order chi connectivity index (χ1) is 9.41. The second-order valence-electron chi connectivity index (χ2n) is 4.80. The van der Waals surface area contributed by atoms with E-state index >= 15 is 0 Å². The Kier molecular flexibility index (Phi) is 6.27. The Hall–Kier alpha value is -1.29. The van der Waals surface area contributed by atoms with Crippen LogP contribution in [0.3, 0.4) is 0 Å². The van der Waals surface area contributed by atoms with Crippen LogP contribution in [0.5, 0.6) is 0 Å². The van der Waals surface area contributed by atoms with Crippen molar-refractivity contribution in [2.75, 3.05) is 13.1 Å². The summed E-state index contributed by atoms with van der Waals surface area (Å²) in [5.41, 5.74) is 0. The Labute approximate surface area is 121 Å². The summed E-state index contributed by atoms with van der Waals surface area (Å²) >= 11 is 0. The molecule has 0 aromatic carbocycles. The average Bonchev–Trinajstić information content (AvgIpc) is 2.85. The lowest BCUT2D eigenvalue weighted by molar-refractivity contribution is 0.370. The second-order valence-corrected chi connectivity index (χ2v) is 6.67. The molecule has 0 bridgehead atoms. The van der Waals surface area contributed by atoms with E-state index in [2.05, 4.69) is 11.2 Å². The molecule has 0 saturated heterocycles. The third-order valence-electron chi connectivity index (χ3n) is 2.66. The second kappa shape index (κ2) is 7.48. The molecular formula is C14H22N2O3S. The lowest BCUT2D eigenvalue weighted by atomic mass is 10.3. The van der Waals surface area contributed by atoms with Gasteiger partial charge in [-0.25, -0.2) is 8.42 Å². The topological polar surface area (TPSA) is 62.6 Å². The van der Waals surface area contributed by atoms with Gasteiger partial charge in [0.05, 0.1) is 13.1 Å². The Morgan fingerprint density at radius 3 is 2.70 bits per heavy atom. The fourth-order valence-corrected chi connectivity index (χ4v) is 3.03. The number of hydrogen-bond acceptors (Lipinski definition) is 4. The Bertz CT molecular complexity index is 555. The molecule has 5 nitrogen and oxygen atoms in total. The monoisotopic (exact) mass is 298 g/mol. The van der Waals surface area contributed by atoms with Gasteiger partial charge in [-0.2, -0.15) is 4.31 Å². The van der Waals surface area contributed by atoms with E-state index in [-0.39, 0.29) is 11.6 Å². The van der Waals surface area contributed by atoms with E-state index in [0.717, 1.165) is 0 Å². The summed E-state index contributed by atoms with van der Waals surface area (Å²) in [5, 5.41) is 3.12. The fourth-order valence-electron chi connectivity index (χ4n) is 1.66. The molecule has 0 fully saturated rings. The SMILES string of the molecule is C#CCN(CCC)S(=O)(=O)c1ccc(CNC(C)C)o1. The van der Waals surface area contributed by atoms with Crippen molar-refractivity contribution >= 4 is 10.0 Å². The summed E-state index contributed by atoms with van der Waals surface area (Å²) in [7, 11) is -3.65. The first-order valence-corrected chi connectivity index (χ1v) is 8.11. The molecule has 1 heterocycles. The third kappa shape index (κ3) is 4.37. The van der Waals surface area contributed by atoms with Crippen LogP contribution in [0.2, 0.25) is 0 Å². The van der Waals surface area contributed by atoms with Crippen molar-refractivity contribution < 1.29 is 12.8 Å². The van der Waals surface area contributed by atoms with Crippen LogP contribution in [0, 0.1) is 12.3 Å². The van der Waals surface area contributed by atoms with Crippen LogP contribution in [-0.2, 0) is 16.6 Å². The summed E-state index contributed by atoms with van der Waals surface area (Å²) in [4.78, 5) is 0. The van der Waals surface area contributed by atoms with Gasteiger partial charge < -0.3 is 9.73 Å². The van der Waals surface area contributed by atoms with Crippen molar-refractivity contribution in [3.63, 3.8) is 0 Å². The molecule has 1 aromatic heterocycles. The number of sulfonamides is 1. The third-order valence-corrected chi connectivity index (χ3v) is 4.38. The number of hydrogen-bond donors (Lipinski definition) is 1. The molecule has 0 amide bonds. The number of furan rings is 1. The van der Waals surface area contributed by atoms with Gasteiger partial charge >= 0.3 is 0 Å². The molecule has 1 N–H and O–H groups in total. The van der Waals surface area contributed by atoms with Crippen molar-refractivity contribution in [1.29, 1.82) is 0 Å². The van der Waals surface area contributed by atoms with E-state index < -0.39 is 10.0 Å². The van der Waals surface area contributed by atoms with Gasteiger partial charge in [-0.05, 0) is 18.6 Å². The van der Waals surface area contributed by atoms with E-state index in [1.54, 1.807) is 6.07 Å². The first-order valence-electron chi connectivity index (χ1n) is 6.67. The lowest BCUT2D eigenvalue weighted by Crippen LogP contribution is -2.32. The number of nitrogens with one attached hydrogen (secondary N) is 1. The van der Waals surface area contributed by atoms with Crippen LogP contribution in [0.1, 0.15) is 33.0 Å². The standard InChI is InChI=1S/C14H22N2O3S/c1-5-9-16(10-6-2)20(17,18)14-8-7-13(19-14)11-15-12(3)4/h1,7-8,12,15H,6,9-11H2,2-4H3. The molecule has 6 heteroatoms. The molecule has 0 radical (unpaired) electrons. The molecule has 0 saturated carbocycles. The van der Waals surface area contributed by atoms with Gasteiger partial charge in [-0.15, -0.1) is 6.42 Å².